The molecule has 0 bridgehead atoms. The first kappa shape index (κ1) is 22.8. The summed E-state index contributed by atoms with van der Waals surface area (Å²) in [5.74, 6) is -0.217. The number of benzene rings is 1. The first-order chi connectivity index (χ1) is 15.0. The molecule has 1 fully saturated rings. The molecule has 10 heteroatoms. The highest BCUT2D eigenvalue weighted by Gasteiger charge is 2.44. The van der Waals surface area contributed by atoms with Crippen molar-refractivity contribution in [2.24, 2.45) is 0 Å². The molecule has 1 spiro atoms. The summed E-state index contributed by atoms with van der Waals surface area (Å²) in [7, 11) is -3.37. The maximum absolute atomic E-state index is 13.3. The molecule has 0 unspecified atom stereocenters. The van der Waals surface area contributed by atoms with Crippen molar-refractivity contribution < 1.29 is 26.4 Å². The SMILES string of the molecule is CCS(=O)(=O)c1ccc(C(=O)N2CCC3(CC2)NCCn2c(C(F)(F)F)ccc23)cc1C. The number of alkyl halides is 3. The molecule has 1 amide bonds. The summed E-state index contributed by atoms with van der Waals surface area (Å²) in [6.07, 6.45) is -3.40. The van der Waals surface area contributed by atoms with Gasteiger partial charge in [0.25, 0.3) is 5.91 Å². The average Bonchev–Trinajstić information content (AvgIpc) is 3.20. The third-order valence-corrected chi connectivity index (χ3v) is 8.49. The van der Waals surface area contributed by atoms with Gasteiger partial charge in [0, 0.05) is 37.4 Å². The van der Waals surface area contributed by atoms with E-state index in [4.69, 9.17) is 0 Å². The van der Waals surface area contributed by atoms with E-state index in [0.29, 0.717) is 49.3 Å². The van der Waals surface area contributed by atoms with Crippen molar-refractivity contribution in [1.29, 1.82) is 0 Å². The van der Waals surface area contributed by atoms with Crippen LogP contribution >= 0.6 is 0 Å². The second-order valence-electron chi connectivity index (χ2n) is 8.44. The summed E-state index contributed by atoms with van der Waals surface area (Å²) in [6.45, 7) is 4.73. The van der Waals surface area contributed by atoms with E-state index in [1.54, 1.807) is 30.9 Å². The number of carbonyl (C=O) groups is 1. The standard InChI is InChI=1S/C22H26F3N3O3S/c1-3-32(30,31)17-5-4-16(14-15(17)2)20(29)27-11-8-21(9-12-27)18-6-7-19(22(23,24)25)28(18)13-10-26-21/h4-7,14,26H,3,8-13H2,1-2H3. The quantitative estimate of drug-likeness (QED) is 0.749. The van der Waals surface area contributed by atoms with Crippen LogP contribution < -0.4 is 5.32 Å². The molecule has 2 aromatic rings. The number of hydrogen-bond donors (Lipinski definition) is 1. The van der Waals surface area contributed by atoms with Crippen LogP contribution in [0.15, 0.2) is 35.2 Å². The number of sulfone groups is 1. The number of carbonyl (C=O) groups excluding carboxylic acids is 1. The topological polar surface area (TPSA) is 71.4 Å². The molecule has 0 aliphatic carbocycles. The fraction of sp³-hybridized carbons (Fsp3) is 0.500. The molecule has 1 aromatic heterocycles. The molecule has 1 N–H and O–H groups in total. The van der Waals surface area contributed by atoms with Crippen LogP contribution in [0.5, 0.6) is 0 Å². The Hall–Kier alpha value is -2.33. The minimum atomic E-state index is -4.40. The van der Waals surface area contributed by atoms with Crippen molar-refractivity contribution in [3.8, 4) is 0 Å². The van der Waals surface area contributed by atoms with E-state index in [-0.39, 0.29) is 23.1 Å². The van der Waals surface area contributed by atoms with E-state index >= 15 is 0 Å². The van der Waals surface area contributed by atoms with Gasteiger partial charge >= 0.3 is 6.18 Å². The van der Waals surface area contributed by atoms with Gasteiger partial charge in [0.2, 0.25) is 0 Å². The zero-order chi connectivity index (χ0) is 23.3. The predicted molar refractivity (Wildman–Crippen MR) is 113 cm³/mol. The molecule has 174 valence electrons. The zero-order valence-corrected chi connectivity index (χ0v) is 18.8. The van der Waals surface area contributed by atoms with Gasteiger partial charge < -0.3 is 14.8 Å². The van der Waals surface area contributed by atoms with Gasteiger partial charge in [0.15, 0.2) is 9.84 Å². The molecular weight excluding hydrogens is 443 g/mol. The number of nitrogens with zero attached hydrogens (tertiary/aromatic N) is 2. The van der Waals surface area contributed by atoms with Crippen molar-refractivity contribution in [2.75, 3.05) is 25.4 Å². The van der Waals surface area contributed by atoms with E-state index in [2.05, 4.69) is 5.32 Å². The van der Waals surface area contributed by atoms with Crippen LogP contribution in [0.1, 0.15) is 47.1 Å². The van der Waals surface area contributed by atoms with Crippen LogP contribution in [0.3, 0.4) is 0 Å². The van der Waals surface area contributed by atoms with Gasteiger partial charge in [-0.25, -0.2) is 8.42 Å². The Balaban J connectivity index is 1.52. The highest BCUT2D eigenvalue weighted by molar-refractivity contribution is 7.91. The van der Waals surface area contributed by atoms with E-state index in [9.17, 15) is 26.4 Å². The number of rotatable bonds is 3. The van der Waals surface area contributed by atoms with E-state index < -0.39 is 27.2 Å². The lowest BCUT2D eigenvalue weighted by Gasteiger charge is -2.45. The van der Waals surface area contributed by atoms with Crippen LogP contribution in [-0.4, -0.2) is 49.2 Å². The number of aromatic nitrogens is 1. The molecule has 0 saturated carbocycles. The summed E-state index contributed by atoms with van der Waals surface area (Å²) in [6, 6.07) is 7.27. The number of nitrogens with one attached hydrogen (secondary N) is 1. The predicted octanol–water partition coefficient (Wildman–Crippen LogP) is 3.34. The molecule has 1 aromatic carbocycles. The molecule has 32 heavy (non-hydrogen) atoms. The van der Waals surface area contributed by atoms with Crippen molar-refractivity contribution in [3.05, 3.63) is 52.8 Å². The Kier molecular flexibility index (Phi) is 5.65. The number of halogens is 3. The lowest BCUT2D eigenvalue weighted by molar-refractivity contribution is -0.144. The molecule has 3 heterocycles. The Morgan fingerprint density at radius 1 is 1.12 bits per heavy atom. The Bertz CT molecular complexity index is 1150. The number of hydrogen-bond acceptors (Lipinski definition) is 4. The van der Waals surface area contributed by atoms with E-state index in [1.165, 1.54) is 16.7 Å². The summed E-state index contributed by atoms with van der Waals surface area (Å²) in [5, 5.41) is 3.40. The lowest BCUT2D eigenvalue weighted by Crippen LogP contribution is -2.56. The van der Waals surface area contributed by atoms with Gasteiger partial charge in [0.05, 0.1) is 16.2 Å². The summed E-state index contributed by atoms with van der Waals surface area (Å²) in [4.78, 5) is 14.9. The first-order valence-corrected chi connectivity index (χ1v) is 12.3. The van der Waals surface area contributed by atoms with Gasteiger partial charge in [-0.3, -0.25) is 4.79 Å². The number of likely N-dealkylation sites (tertiary alicyclic amines) is 1. The van der Waals surface area contributed by atoms with Crippen LogP contribution in [-0.2, 0) is 28.1 Å². The fourth-order valence-corrected chi connectivity index (χ4v) is 6.00. The van der Waals surface area contributed by atoms with Crippen molar-refractivity contribution in [3.63, 3.8) is 0 Å². The molecule has 0 atom stereocenters. The molecule has 4 rings (SSSR count). The van der Waals surface area contributed by atoms with E-state index in [0.717, 1.165) is 6.07 Å². The molecule has 0 radical (unpaired) electrons. The van der Waals surface area contributed by atoms with Gasteiger partial charge in [-0.2, -0.15) is 13.2 Å². The van der Waals surface area contributed by atoms with Crippen LogP contribution in [0.2, 0.25) is 0 Å². The second-order valence-corrected chi connectivity index (χ2v) is 10.7. The van der Waals surface area contributed by atoms with E-state index in [1.807, 2.05) is 0 Å². The minimum absolute atomic E-state index is 0.0138. The van der Waals surface area contributed by atoms with Crippen molar-refractivity contribution in [2.45, 2.75) is 49.8 Å². The fourth-order valence-electron chi connectivity index (χ4n) is 4.87. The second kappa shape index (κ2) is 7.91. The Morgan fingerprint density at radius 3 is 2.41 bits per heavy atom. The minimum Gasteiger partial charge on any atom is -0.338 e. The van der Waals surface area contributed by atoms with Crippen molar-refractivity contribution >= 4 is 15.7 Å². The number of aryl methyl sites for hydroxylation is 1. The summed E-state index contributed by atoms with van der Waals surface area (Å²) < 4.78 is 65.7. The average molecular weight is 470 g/mol. The van der Waals surface area contributed by atoms with Gasteiger partial charge in [-0.05, 0) is 55.7 Å². The smallest absolute Gasteiger partial charge is 0.338 e. The van der Waals surface area contributed by atoms with Crippen molar-refractivity contribution in [1.82, 2.24) is 14.8 Å². The monoisotopic (exact) mass is 469 g/mol. The highest BCUT2D eigenvalue weighted by atomic mass is 32.2. The highest BCUT2D eigenvalue weighted by Crippen LogP contribution is 2.40. The Labute approximate surface area is 185 Å². The maximum Gasteiger partial charge on any atom is 0.431 e. The third kappa shape index (κ3) is 3.83. The third-order valence-electron chi connectivity index (χ3n) is 6.60. The van der Waals surface area contributed by atoms with Crippen LogP contribution in [0.4, 0.5) is 13.2 Å². The first-order valence-electron chi connectivity index (χ1n) is 10.6. The zero-order valence-electron chi connectivity index (χ0n) is 18.0. The lowest BCUT2D eigenvalue weighted by atomic mass is 9.83. The molecule has 2 aliphatic heterocycles. The summed E-state index contributed by atoms with van der Waals surface area (Å²) in [5.41, 5.74) is 0.330. The molecular formula is C22H26F3N3O3S. The molecule has 2 aliphatic rings. The van der Waals surface area contributed by atoms with Crippen LogP contribution in [0.25, 0.3) is 0 Å². The van der Waals surface area contributed by atoms with Gasteiger partial charge in [0.1, 0.15) is 5.69 Å². The number of fused-ring (bicyclic) bond motifs is 2. The normalized spacial score (nSPS) is 18.6. The van der Waals surface area contributed by atoms with Gasteiger partial charge in [-0.15, -0.1) is 0 Å². The summed E-state index contributed by atoms with van der Waals surface area (Å²) >= 11 is 0. The largest absolute Gasteiger partial charge is 0.431 e. The van der Waals surface area contributed by atoms with Gasteiger partial charge in [-0.1, -0.05) is 6.92 Å². The Morgan fingerprint density at radius 2 is 1.81 bits per heavy atom. The van der Waals surface area contributed by atoms with Crippen LogP contribution in [0, 0.1) is 6.92 Å². The molecule has 1 saturated heterocycles. The number of amides is 1. The molecule has 6 nitrogen and oxygen atoms in total. The maximum atomic E-state index is 13.3. The number of piperidine rings is 1.